The second kappa shape index (κ2) is 78.5. The SMILES string of the molecule is CC/C=C\C/C=C\C/C=C\C/C=C\C/C=C\C/C=C\CCC(=O)OCC(COP(=O)(O)OCC(O)COP(=O)(O)OCC(COC(=O)CCC/C=C\C/C=C\C/C=C\C/C=C\C/C=C\CC)OC(=O)CCCCCCC/C=C\C/C=C\C/C=C\CC)OC(=O)CCCCCC/C=C\C/C=C\C/C=C\C/C=C\CC. The molecule has 0 radical (unpaired) electrons. The van der Waals surface area contributed by atoms with E-state index in [4.69, 9.17) is 37.0 Å². The van der Waals surface area contributed by atoms with E-state index >= 15 is 0 Å². The Morgan fingerprint density at radius 2 is 0.481 bits per heavy atom. The average Bonchev–Trinajstić information content (AvgIpc) is 0.906. The minimum Gasteiger partial charge on any atom is -0.462 e. The van der Waals surface area contributed by atoms with Crippen molar-refractivity contribution in [3.05, 3.63) is 219 Å². The molecular weight excluding hydrogens is 1400 g/mol. The van der Waals surface area contributed by atoms with Gasteiger partial charge in [0.25, 0.3) is 0 Å². The molecule has 0 aromatic carbocycles. The lowest BCUT2D eigenvalue weighted by atomic mass is 10.1. The molecule has 0 fully saturated rings. The van der Waals surface area contributed by atoms with Crippen molar-refractivity contribution in [2.24, 2.45) is 0 Å². The summed E-state index contributed by atoms with van der Waals surface area (Å²) in [4.78, 5) is 73.1. The number of carbonyl (C=O) groups is 4. The van der Waals surface area contributed by atoms with Crippen molar-refractivity contribution in [3.8, 4) is 0 Å². The minimum absolute atomic E-state index is 0.0195. The molecule has 3 N–H and O–H groups in total. The number of phosphoric ester groups is 2. The van der Waals surface area contributed by atoms with Crippen molar-refractivity contribution in [3.63, 3.8) is 0 Å². The molecule has 0 saturated carbocycles. The predicted octanol–water partition coefficient (Wildman–Crippen LogP) is 23.7. The molecule has 0 aliphatic carbocycles. The van der Waals surface area contributed by atoms with Gasteiger partial charge in [0.1, 0.15) is 19.3 Å². The van der Waals surface area contributed by atoms with Crippen LogP contribution >= 0.6 is 15.6 Å². The molecule has 17 nitrogen and oxygen atoms in total. The quantitative estimate of drug-likeness (QED) is 0.0169. The highest BCUT2D eigenvalue weighted by Gasteiger charge is 2.30. The highest BCUT2D eigenvalue weighted by Crippen LogP contribution is 2.45. The highest BCUT2D eigenvalue weighted by atomic mass is 31.2. The molecule has 0 aromatic heterocycles. The number of phosphoric acid groups is 2. The zero-order chi connectivity index (χ0) is 78.9. The summed E-state index contributed by atoms with van der Waals surface area (Å²) in [6.07, 6.45) is 99.4. The third kappa shape index (κ3) is 77.5. The van der Waals surface area contributed by atoms with Gasteiger partial charge in [0.2, 0.25) is 0 Å². The van der Waals surface area contributed by atoms with Gasteiger partial charge < -0.3 is 33.8 Å². The van der Waals surface area contributed by atoms with Crippen molar-refractivity contribution in [1.82, 2.24) is 0 Å². The van der Waals surface area contributed by atoms with E-state index < -0.39 is 97.5 Å². The van der Waals surface area contributed by atoms with E-state index in [2.05, 4.69) is 216 Å². The van der Waals surface area contributed by atoms with Crippen molar-refractivity contribution >= 4 is 39.5 Å². The van der Waals surface area contributed by atoms with Gasteiger partial charge in [0.15, 0.2) is 12.2 Å². The summed E-state index contributed by atoms with van der Waals surface area (Å²) in [6, 6.07) is 0. The summed E-state index contributed by atoms with van der Waals surface area (Å²) in [5, 5.41) is 10.6. The molecule has 0 spiro atoms. The zero-order valence-corrected chi connectivity index (χ0v) is 68.0. The predicted molar refractivity (Wildman–Crippen MR) is 445 cm³/mol. The lowest BCUT2D eigenvalue weighted by Gasteiger charge is -2.21. The number of aliphatic hydroxyl groups excluding tert-OH is 1. The molecule has 0 aliphatic heterocycles. The van der Waals surface area contributed by atoms with E-state index in [0.717, 1.165) is 167 Å². The number of unbranched alkanes of at least 4 members (excludes halogenated alkanes) is 10. The number of ether oxygens (including phenoxy) is 4. The lowest BCUT2D eigenvalue weighted by Crippen LogP contribution is -2.30. The number of carbonyl (C=O) groups excluding carboxylic acids is 4. The van der Waals surface area contributed by atoms with Crippen LogP contribution < -0.4 is 0 Å². The van der Waals surface area contributed by atoms with Crippen LogP contribution in [0.3, 0.4) is 0 Å². The van der Waals surface area contributed by atoms with Crippen LogP contribution in [-0.4, -0.2) is 96.7 Å². The molecule has 19 heteroatoms. The Labute approximate surface area is 651 Å². The van der Waals surface area contributed by atoms with Gasteiger partial charge in [-0.3, -0.25) is 37.3 Å². The largest absolute Gasteiger partial charge is 0.472 e. The van der Waals surface area contributed by atoms with Gasteiger partial charge in [-0.05, 0) is 173 Å². The van der Waals surface area contributed by atoms with Gasteiger partial charge in [-0.1, -0.05) is 279 Å². The molecule has 0 rings (SSSR count). The minimum atomic E-state index is -5.02. The molecule has 0 bridgehead atoms. The van der Waals surface area contributed by atoms with E-state index in [1.807, 2.05) is 30.4 Å². The Hall–Kier alpha value is -6.62. The van der Waals surface area contributed by atoms with Gasteiger partial charge in [0, 0.05) is 25.7 Å². The summed E-state index contributed by atoms with van der Waals surface area (Å²) >= 11 is 0. The molecule has 606 valence electrons. The smallest absolute Gasteiger partial charge is 0.462 e. The van der Waals surface area contributed by atoms with Crippen LogP contribution in [0, 0.1) is 0 Å². The number of aliphatic hydroxyl groups is 1. The van der Waals surface area contributed by atoms with Crippen LogP contribution in [0.2, 0.25) is 0 Å². The Balaban J connectivity index is 5.56. The molecule has 0 aromatic rings. The fraction of sp³-hybridized carbons (Fsp3) is 0.551. The molecule has 0 heterocycles. The van der Waals surface area contributed by atoms with Crippen molar-refractivity contribution in [2.75, 3.05) is 39.6 Å². The second-order valence-electron chi connectivity index (χ2n) is 25.5. The fourth-order valence-electron chi connectivity index (χ4n) is 9.52. The molecule has 0 amide bonds. The van der Waals surface area contributed by atoms with E-state index in [0.29, 0.717) is 38.5 Å². The summed E-state index contributed by atoms with van der Waals surface area (Å²) in [7, 11) is -10.0. The molecule has 0 saturated heterocycles. The first-order valence-electron chi connectivity index (χ1n) is 40.0. The topological polar surface area (TPSA) is 237 Å². The van der Waals surface area contributed by atoms with E-state index in [9.17, 15) is 43.2 Å². The number of rotatable bonds is 72. The fourth-order valence-corrected chi connectivity index (χ4v) is 11.1. The van der Waals surface area contributed by atoms with Gasteiger partial charge in [0.05, 0.1) is 26.4 Å². The van der Waals surface area contributed by atoms with Crippen LogP contribution in [0.15, 0.2) is 219 Å². The van der Waals surface area contributed by atoms with Crippen LogP contribution in [0.1, 0.15) is 259 Å². The maximum Gasteiger partial charge on any atom is 0.472 e. The Kier molecular flexibility index (Phi) is 73.7. The van der Waals surface area contributed by atoms with Crippen LogP contribution in [-0.2, 0) is 65.4 Å². The standard InChI is InChI=1S/C89H138O17P2/c1-5-9-13-17-21-25-29-33-37-40-41-44-47-50-54-58-62-66-70-74-87(92)100-80-85(106-89(94)76-72-68-64-60-56-52-48-43-39-35-31-27-23-19-15-11-7-3)82-104-108(97,98)102-78-83(90)77-101-107(95,96)103-81-84(105-88(93)75-71-67-63-59-55-51-45-36-32-28-24-20-16-12-8-4)79-99-86(91)73-69-65-61-57-53-49-46-42-38-34-30-26-22-18-14-10-6-2/h9-16,21-28,33-39,41,44-46,48-50,52,54,57,61-62,66,83-85,90H,5-8,17-20,29-32,40,42-43,47,51,53,55-56,58-60,63-65,67-82H2,1-4H3,(H,95,96)(H,97,98)/b13-9-,14-10-,15-11-,16-12-,25-21-,26-22-,27-23-,28-24-,37-33-,38-34-,39-35-,44-41-,45-36-,49-46-,52-48-,54-50-,61-57-,66-62-. The first-order valence-corrected chi connectivity index (χ1v) is 43.0. The molecule has 5 atom stereocenters. The number of allylic oxidation sites excluding steroid dienone is 36. The molecule has 0 aliphatic rings. The highest BCUT2D eigenvalue weighted by molar-refractivity contribution is 7.47. The van der Waals surface area contributed by atoms with Crippen LogP contribution in [0.4, 0.5) is 0 Å². The Morgan fingerprint density at radius 1 is 0.259 bits per heavy atom. The number of esters is 4. The number of hydrogen-bond acceptors (Lipinski definition) is 15. The Morgan fingerprint density at radius 3 is 0.778 bits per heavy atom. The van der Waals surface area contributed by atoms with E-state index in [1.165, 1.54) is 0 Å². The van der Waals surface area contributed by atoms with Gasteiger partial charge in [-0.2, -0.15) is 0 Å². The third-order valence-corrected chi connectivity index (χ3v) is 17.3. The van der Waals surface area contributed by atoms with Crippen molar-refractivity contribution in [2.45, 2.75) is 277 Å². The zero-order valence-electron chi connectivity index (χ0n) is 66.2. The van der Waals surface area contributed by atoms with E-state index in [1.54, 1.807) is 0 Å². The maximum atomic E-state index is 13.1. The van der Waals surface area contributed by atoms with Crippen molar-refractivity contribution < 1.29 is 80.2 Å². The lowest BCUT2D eigenvalue weighted by molar-refractivity contribution is -0.161. The van der Waals surface area contributed by atoms with Gasteiger partial charge in [-0.25, -0.2) is 9.13 Å². The number of hydrogen-bond donors (Lipinski definition) is 3. The third-order valence-electron chi connectivity index (χ3n) is 15.4. The summed E-state index contributed by atoms with van der Waals surface area (Å²) in [6.45, 7) is 4.18. The summed E-state index contributed by atoms with van der Waals surface area (Å²) in [5.74, 6) is -2.42. The maximum absolute atomic E-state index is 13.1. The first-order chi connectivity index (χ1) is 52.7. The average molecular weight is 1540 g/mol. The Bertz CT molecular complexity index is 2910. The molecular formula is C89H138O17P2. The van der Waals surface area contributed by atoms with Crippen LogP contribution in [0.25, 0.3) is 0 Å². The van der Waals surface area contributed by atoms with Crippen LogP contribution in [0.5, 0.6) is 0 Å². The summed E-state index contributed by atoms with van der Waals surface area (Å²) < 4.78 is 68.5. The summed E-state index contributed by atoms with van der Waals surface area (Å²) in [5.41, 5.74) is 0. The molecule has 5 unspecified atom stereocenters. The van der Waals surface area contributed by atoms with Gasteiger partial charge in [-0.15, -0.1) is 0 Å². The normalized spacial score (nSPS) is 15.0. The van der Waals surface area contributed by atoms with Gasteiger partial charge >= 0.3 is 39.5 Å². The second-order valence-corrected chi connectivity index (χ2v) is 28.4. The van der Waals surface area contributed by atoms with Crippen molar-refractivity contribution in [1.29, 1.82) is 0 Å². The monoisotopic (exact) mass is 1540 g/mol. The first kappa shape index (κ1) is 101. The van der Waals surface area contributed by atoms with E-state index in [-0.39, 0.29) is 25.7 Å². The molecule has 108 heavy (non-hydrogen) atoms.